The van der Waals surface area contributed by atoms with Crippen LogP contribution in [0.3, 0.4) is 0 Å². The molecular formula is C14H21N3O4. The van der Waals surface area contributed by atoms with Gasteiger partial charge in [-0.05, 0) is 18.2 Å². The van der Waals surface area contributed by atoms with Crippen LogP contribution in [0.5, 0.6) is 0 Å². The Kier molecular flexibility index (Phi) is 6.48. The highest BCUT2D eigenvalue weighted by Crippen LogP contribution is 2.18. The third kappa shape index (κ3) is 4.96. The summed E-state index contributed by atoms with van der Waals surface area (Å²) in [6.07, 6.45) is 0.112. The molecule has 1 amide bonds. The zero-order chi connectivity index (χ0) is 15.8. The van der Waals surface area contributed by atoms with E-state index in [2.05, 4.69) is 4.74 Å². The number of carbonyl (C=O) groups is 2. The van der Waals surface area contributed by atoms with Crippen LogP contribution in [-0.4, -0.2) is 50.7 Å². The van der Waals surface area contributed by atoms with Crippen molar-refractivity contribution in [3.63, 3.8) is 0 Å². The molecule has 1 aromatic rings. The van der Waals surface area contributed by atoms with Crippen LogP contribution in [0.2, 0.25) is 0 Å². The molecule has 0 saturated heterocycles. The number of carbonyl (C=O) groups excluding carboxylic acids is 2. The lowest BCUT2D eigenvalue weighted by Gasteiger charge is -2.22. The Morgan fingerprint density at radius 1 is 1.19 bits per heavy atom. The van der Waals surface area contributed by atoms with Gasteiger partial charge in [0.1, 0.15) is 0 Å². The molecule has 7 heteroatoms. The molecule has 0 aliphatic rings. The first-order valence-electron chi connectivity index (χ1n) is 6.49. The molecule has 1 rings (SSSR count). The lowest BCUT2D eigenvalue weighted by Crippen LogP contribution is -2.36. The van der Waals surface area contributed by atoms with E-state index in [-0.39, 0.29) is 24.8 Å². The molecule has 0 saturated carbocycles. The molecule has 0 atom stereocenters. The van der Waals surface area contributed by atoms with Crippen molar-refractivity contribution in [2.24, 2.45) is 0 Å². The minimum absolute atomic E-state index is 0.112. The van der Waals surface area contributed by atoms with Crippen LogP contribution in [0.1, 0.15) is 16.8 Å². The Bertz CT molecular complexity index is 505. The maximum absolute atomic E-state index is 12.5. The summed E-state index contributed by atoms with van der Waals surface area (Å²) < 4.78 is 9.56. The highest BCUT2D eigenvalue weighted by Gasteiger charge is 2.19. The highest BCUT2D eigenvalue weighted by atomic mass is 16.5. The number of hydrogen-bond donors (Lipinski definition) is 2. The van der Waals surface area contributed by atoms with Gasteiger partial charge in [0.05, 0.1) is 25.7 Å². The number of esters is 1. The van der Waals surface area contributed by atoms with Crippen molar-refractivity contribution in [2.45, 2.75) is 6.42 Å². The normalized spacial score (nSPS) is 10.2. The van der Waals surface area contributed by atoms with Gasteiger partial charge in [0.25, 0.3) is 5.91 Å². The number of rotatable bonds is 7. The van der Waals surface area contributed by atoms with Gasteiger partial charge < -0.3 is 25.8 Å². The molecule has 0 spiro atoms. The van der Waals surface area contributed by atoms with Gasteiger partial charge in [-0.3, -0.25) is 9.59 Å². The van der Waals surface area contributed by atoms with Crippen LogP contribution >= 0.6 is 0 Å². The fourth-order valence-electron chi connectivity index (χ4n) is 1.79. The molecule has 0 heterocycles. The molecule has 4 N–H and O–H groups in total. The number of methoxy groups -OCH3 is 2. The van der Waals surface area contributed by atoms with Gasteiger partial charge in [0.2, 0.25) is 0 Å². The van der Waals surface area contributed by atoms with Gasteiger partial charge >= 0.3 is 5.97 Å². The molecule has 7 nitrogen and oxygen atoms in total. The molecule has 0 radical (unpaired) electrons. The number of nitrogens with two attached hydrogens (primary N) is 2. The van der Waals surface area contributed by atoms with Gasteiger partial charge in [-0.25, -0.2) is 0 Å². The number of hydrogen-bond acceptors (Lipinski definition) is 6. The van der Waals surface area contributed by atoms with Crippen LogP contribution in [0.25, 0.3) is 0 Å². The van der Waals surface area contributed by atoms with E-state index in [1.54, 1.807) is 19.2 Å². The fourth-order valence-corrected chi connectivity index (χ4v) is 1.79. The number of nitrogens with zero attached hydrogens (tertiary/aromatic N) is 1. The second kappa shape index (κ2) is 8.11. The van der Waals surface area contributed by atoms with Crippen molar-refractivity contribution < 1.29 is 19.1 Å². The van der Waals surface area contributed by atoms with Crippen molar-refractivity contribution in [2.75, 3.05) is 45.4 Å². The number of benzene rings is 1. The van der Waals surface area contributed by atoms with Gasteiger partial charge in [-0.15, -0.1) is 0 Å². The number of amides is 1. The fraction of sp³-hybridized carbons (Fsp3) is 0.429. The molecule has 0 aliphatic heterocycles. The Hall–Kier alpha value is -2.28. The van der Waals surface area contributed by atoms with E-state index in [0.717, 1.165) is 0 Å². The van der Waals surface area contributed by atoms with Crippen molar-refractivity contribution in [3.8, 4) is 0 Å². The molecular weight excluding hydrogens is 274 g/mol. The Labute approximate surface area is 123 Å². The van der Waals surface area contributed by atoms with E-state index in [9.17, 15) is 9.59 Å². The first-order valence-corrected chi connectivity index (χ1v) is 6.49. The standard InChI is InChI=1S/C14H21N3O4/c1-20-8-7-17(6-5-13(18)21-2)14(19)11-4-3-10(15)9-12(11)16/h3-4,9H,5-8,15-16H2,1-2H3. The minimum atomic E-state index is -0.379. The highest BCUT2D eigenvalue weighted by molar-refractivity contribution is 5.99. The molecule has 21 heavy (non-hydrogen) atoms. The third-order valence-electron chi connectivity index (χ3n) is 2.97. The average Bonchev–Trinajstić information content (AvgIpc) is 2.46. The van der Waals surface area contributed by atoms with Crippen molar-refractivity contribution in [1.82, 2.24) is 4.90 Å². The van der Waals surface area contributed by atoms with E-state index in [0.29, 0.717) is 30.1 Å². The van der Waals surface area contributed by atoms with E-state index in [1.807, 2.05) is 0 Å². The third-order valence-corrected chi connectivity index (χ3v) is 2.97. The van der Waals surface area contributed by atoms with Crippen LogP contribution in [0.15, 0.2) is 18.2 Å². The van der Waals surface area contributed by atoms with Crippen LogP contribution < -0.4 is 11.5 Å². The smallest absolute Gasteiger partial charge is 0.307 e. The molecule has 0 aromatic heterocycles. The summed E-state index contributed by atoms with van der Waals surface area (Å²) in [4.78, 5) is 25.2. The predicted octanol–water partition coefficient (Wildman–Crippen LogP) is 0.503. The van der Waals surface area contributed by atoms with Crippen molar-refractivity contribution in [1.29, 1.82) is 0 Å². The van der Waals surface area contributed by atoms with E-state index in [4.69, 9.17) is 16.2 Å². The number of anilines is 2. The Morgan fingerprint density at radius 3 is 2.48 bits per heavy atom. The summed E-state index contributed by atoms with van der Waals surface area (Å²) in [6.45, 7) is 0.955. The monoisotopic (exact) mass is 295 g/mol. The first-order chi connectivity index (χ1) is 9.99. The maximum Gasteiger partial charge on any atom is 0.307 e. The zero-order valence-electron chi connectivity index (χ0n) is 12.3. The Balaban J connectivity index is 2.85. The summed E-state index contributed by atoms with van der Waals surface area (Å²) in [7, 11) is 2.85. The molecule has 0 fully saturated rings. The van der Waals surface area contributed by atoms with Gasteiger partial charge in [-0.2, -0.15) is 0 Å². The summed E-state index contributed by atoms with van der Waals surface area (Å²) in [5.74, 6) is -0.649. The van der Waals surface area contributed by atoms with E-state index < -0.39 is 0 Å². The van der Waals surface area contributed by atoms with Crippen molar-refractivity contribution >= 4 is 23.3 Å². The lowest BCUT2D eigenvalue weighted by molar-refractivity contribution is -0.140. The van der Waals surface area contributed by atoms with E-state index in [1.165, 1.54) is 18.1 Å². The molecule has 1 aromatic carbocycles. The first kappa shape index (κ1) is 16.8. The average molecular weight is 295 g/mol. The number of ether oxygens (including phenoxy) is 2. The summed E-state index contributed by atoms with van der Waals surface area (Å²) in [6, 6.07) is 4.71. The van der Waals surface area contributed by atoms with E-state index >= 15 is 0 Å². The zero-order valence-corrected chi connectivity index (χ0v) is 12.3. The second-order valence-corrected chi connectivity index (χ2v) is 4.46. The molecule has 0 bridgehead atoms. The summed E-state index contributed by atoms with van der Waals surface area (Å²) in [5, 5.41) is 0. The SMILES string of the molecule is COCCN(CCC(=O)OC)C(=O)c1ccc(N)cc1N. The molecule has 0 unspecified atom stereocenters. The largest absolute Gasteiger partial charge is 0.469 e. The van der Waals surface area contributed by atoms with Crippen LogP contribution in [-0.2, 0) is 14.3 Å². The minimum Gasteiger partial charge on any atom is -0.469 e. The molecule has 116 valence electrons. The summed E-state index contributed by atoms with van der Waals surface area (Å²) in [5.41, 5.74) is 12.6. The number of nitrogen functional groups attached to an aromatic ring is 2. The predicted molar refractivity (Wildman–Crippen MR) is 79.7 cm³/mol. The van der Waals surface area contributed by atoms with Crippen LogP contribution in [0.4, 0.5) is 11.4 Å². The topological polar surface area (TPSA) is 108 Å². The van der Waals surface area contributed by atoms with Gasteiger partial charge in [0, 0.05) is 31.6 Å². The lowest BCUT2D eigenvalue weighted by atomic mass is 10.1. The van der Waals surface area contributed by atoms with Crippen LogP contribution in [0, 0.1) is 0 Å². The second-order valence-electron chi connectivity index (χ2n) is 4.46. The maximum atomic E-state index is 12.5. The molecule has 0 aliphatic carbocycles. The Morgan fingerprint density at radius 2 is 1.90 bits per heavy atom. The van der Waals surface area contributed by atoms with Gasteiger partial charge in [0.15, 0.2) is 0 Å². The van der Waals surface area contributed by atoms with Gasteiger partial charge in [-0.1, -0.05) is 0 Å². The van der Waals surface area contributed by atoms with Crippen molar-refractivity contribution in [3.05, 3.63) is 23.8 Å². The quantitative estimate of drug-likeness (QED) is 0.560. The summed E-state index contributed by atoms with van der Waals surface area (Å²) >= 11 is 0.